The fraction of sp³-hybridized carbons (Fsp3) is 0.0952. The van der Waals surface area contributed by atoms with Crippen molar-refractivity contribution in [3.8, 4) is 11.4 Å². The van der Waals surface area contributed by atoms with Crippen LogP contribution in [0, 0.1) is 12.7 Å². The van der Waals surface area contributed by atoms with Crippen molar-refractivity contribution >= 4 is 34.0 Å². The van der Waals surface area contributed by atoms with Gasteiger partial charge in [-0.2, -0.15) is 5.10 Å². The van der Waals surface area contributed by atoms with Crippen LogP contribution in [0.5, 0.6) is 0 Å². The van der Waals surface area contributed by atoms with Gasteiger partial charge >= 0.3 is 0 Å². The van der Waals surface area contributed by atoms with Crippen molar-refractivity contribution in [1.82, 2.24) is 14.8 Å². The number of halogens is 2. The van der Waals surface area contributed by atoms with Gasteiger partial charge in [-0.15, -0.1) is 0 Å². The molecule has 0 unspecified atom stereocenters. The fourth-order valence-corrected chi connectivity index (χ4v) is 3.20. The third kappa shape index (κ3) is 3.73. The van der Waals surface area contributed by atoms with Gasteiger partial charge in [0.1, 0.15) is 18.2 Å². The topological polar surface area (TPSA) is 59.8 Å². The van der Waals surface area contributed by atoms with Gasteiger partial charge < -0.3 is 5.32 Å². The lowest BCUT2D eigenvalue weighted by Crippen LogP contribution is -2.20. The number of aromatic nitrogens is 3. The number of hydrogen-bond donors (Lipinski definition) is 1. The van der Waals surface area contributed by atoms with Crippen molar-refractivity contribution < 1.29 is 9.18 Å². The van der Waals surface area contributed by atoms with Crippen molar-refractivity contribution in [3.05, 3.63) is 77.3 Å². The largest absolute Gasteiger partial charge is 0.324 e. The molecular weight excluding hydrogens is 379 g/mol. The standard InChI is InChI=1S/C21H16ClFN4O/c1-13-24-21(16-7-6-14-4-2-3-5-15(14)10-16)27(26-13)12-20(28)25-17-8-9-19(23)18(22)11-17/h2-11H,12H2,1H3,(H,25,28). The maximum atomic E-state index is 13.3. The number of amides is 1. The summed E-state index contributed by atoms with van der Waals surface area (Å²) in [5, 5.41) is 9.19. The molecule has 4 rings (SSSR count). The van der Waals surface area contributed by atoms with Crippen molar-refractivity contribution in [2.45, 2.75) is 13.5 Å². The molecule has 0 fully saturated rings. The van der Waals surface area contributed by atoms with Gasteiger partial charge in [-0.1, -0.05) is 48.0 Å². The molecular formula is C21H16ClFN4O. The Morgan fingerprint density at radius 2 is 1.89 bits per heavy atom. The average Bonchev–Trinajstić information content (AvgIpc) is 3.04. The van der Waals surface area contributed by atoms with Gasteiger partial charge in [0, 0.05) is 11.3 Å². The van der Waals surface area contributed by atoms with E-state index in [2.05, 4.69) is 15.4 Å². The predicted octanol–water partition coefficient (Wildman–Crippen LogP) is 4.84. The molecule has 0 aliphatic rings. The lowest BCUT2D eigenvalue weighted by molar-refractivity contribution is -0.116. The maximum Gasteiger partial charge on any atom is 0.246 e. The summed E-state index contributed by atoms with van der Waals surface area (Å²) in [6.07, 6.45) is 0. The molecule has 0 aliphatic heterocycles. The van der Waals surface area contributed by atoms with Crippen LogP contribution in [0.2, 0.25) is 5.02 Å². The van der Waals surface area contributed by atoms with Gasteiger partial charge in [0.15, 0.2) is 5.82 Å². The predicted molar refractivity (Wildman–Crippen MR) is 108 cm³/mol. The molecule has 3 aromatic carbocycles. The highest BCUT2D eigenvalue weighted by atomic mass is 35.5. The Morgan fingerprint density at radius 3 is 2.68 bits per heavy atom. The summed E-state index contributed by atoms with van der Waals surface area (Å²) in [6.45, 7) is 1.75. The first kappa shape index (κ1) is 18.1. The highest BCUT2D eigenvalue weighted by Crippen LogP contribution is 2.24. The number of carbonyl (C=O) groups excluding carboxylic acids is 1. The summed E-state index contributed by atoms with van der Waals surface area (Å²) in [4.78, 5) is 16.9. The van der Waals surface area contributed by atoms with E-state index < -0.39 is 5.82 Å². The average molecular weight is 395 g/mol. The minimum absolute atomic E-state index is 0.0298. The van der Waals surface area contributed by atoms with E-state index in [1.807, 2.05) is 42.5 Å². The minimum atomic E-state index is -0.537. The number of hydrogen-bond acceptors (Lipinski definition) is 3. The van der Waals surface area contributed by atoms with Crippen molar-refractivity contribution in [2.24, 2.45) is 0 Å². The van der Waals surface area contributed by atoms with Gasteiger partial charge in [0.25, 0.3) is 0 Å². The van der Waals surface area contributed by atoms with E-state index in [0.29, 0.717) is 17.3 Å². The molecule has 140 valence electrons. The Balaban J connectivity index is 1.60. The van der Waals surface area contributed by atoms with E-state index in [4.69, 9.17) is 11.6 Å². The van der Waals surface area contributed by atoms with Crippen LogP contribution >= 0.6 is 11.6 Å². The second-order valence-electron chi connectivity index (χ2n) is 6.38. The van der Waals surface area contributed by atoms with E-state index in [1.54, 1.807) is 11.6 Å². The number of aryl methyl sites for hydroxylation is 1. The smallest absolute Gasteiger partial charge is 0.246 e. The summed E-state index contributed by atoms with van der Waals surface area (Å²) < 4.78 is 14.8. The molecule has 0 atom stereocenters. The highest BCUT2D eigenvalue weighted by molar-refractivity contribution is 6.31. The van der Waals surface area contributed by atoms with Gasteiger partial charge in [-0.25, -0.2) is 14.1 Å². The molecule has 1 N–H and O–H groups in total. The van der Waals surface area contributed by atoms with Gasteiger partial charge in [0.2, 0.25) is 5.91 Å². The van der Waals surface area contributed by atoms with Crippen molar-refractivity contribution in [3.63, 3.8) is 0 Å². The Kier molecular flexibility index (Phi) is 4.79. The SMILES string of the molecule is Cc1nc(-c2ccc3ccccc3c2)n(CC(=O)Nc2ccc(F)c(Cl)c2)n1. The van der Waals surface area contributed by atoms with E-state index in [1.165, 1.54) is 18.2 Å². The summed E-state index contributed by atoms with van der Waals surface area (Å²) in [5.74, 6) is 0.330. The monoisotopic (exact) mass is 394 g/mol. The third-order valence-electron chi connectivity index (χ3n) is 4.28. The summed E-state index contributed by atoms with van der Waals surface area (Å²) >= 11 is 5.76. The van der Waals surface area contributed by atoms with Crippen LogP contribution in [-0.4, -0.2) is 20.7 Å². The fourth-order valence-electron chi connectivity index (χ4n) is 3.02. The molecule has 0 saturated heterocycles. The second-order valence-corrected chi connectivity index (χ2v) is 6.79. The third-order valence-corrected chi connectivity index (χ3v) is 4.57. The molecule has 5 nitrogen and oxygen atoms in total. The Bertz CT molecular complexity index is 1190. The van der Waals surface area contributed by atoms with Gasteiger partial charge in [-0.3, -0.25) is 4.79 Å². The molecule has 7 heteroatoms. The first-order valence-corrected chi connectivity index (χ1v) is 9.03. The number of nitrogens with one attached hydrogen (secondary N) is 1. The zero-order valence-electron chi connectivity index (χ0n) is 15.0. The zero-order chi connectivity index (χ0) is 19.7. The Labute approximate surface area is 165 Å². The second kappa shape index (κ2) is 7.40. The molecule has 4 aromatic rings. The quantitative estimate of drug-likeness (QED) is 0.539. The molecule has 0 saturated carbocycles. The number of nitrogens with zero attached hydrogens (tertiary/aromatic N) is 3. The van der Waals surface area contributed by atoms with Crippen LogP contribution in [0.4, 0.5) is 10.1 Å². The van der Waals surface area contributed by atoms with Crippen LogP contribution in [-0.2, 0) is 11.3 Å². The van der Waals surface area contributed by atoms with Crippen LogP contribution < -0.4 is 5.32 Å². The molecule has 1 heterocycles. The zero-order valence-corrected chi connectivity index (χ0v) is 15.7. The van der Waals surface area contributed by atoms with E-state index >= 15 is 0 Å². The normalized spacial score (nSPS) is 11.0. The number of anilines is 1. The van der Waals surface area contributed by atoms with Gasteiger partial charge in [0.05, 0.1) is 5.02 Å². The summed E-state index contributed by atoms with van der Waals surface area (Å²) in [7, 11) is 0. The molecule has 28 heavy (non-hydrogen) atoms. The number of benzene rings is 3. The lowest BCUT2D eigenvalue weighted by atomic mass is 10.1. The summed E-state index contributed by atoms with van der Waals surface area (Å²) in [6, 6.07) is 18.0. The first-order chi connectivity index (χ1) is 13.5. The van der Waals surface area contributed by atoms with Crippen molar-refractivity contribution in [2.75, 3.05) is 5.32 Å². The van der Waals surface area contributed by atoms with Crippen molar-refractivity contribution in [1.29, 1.82) is 0 Å². The van der Waals surface area contributed by atoms with Crippen LogP contribution in [0.15, 0.2) is 60.7 Å². The number of carbonyl (C=O) groups is 1. The van der Waals surface area contributed by atoms with E-state index in [-0.39, 0.29) is 17.5 Å². The Hall–Kier alpha value is -3.25. The molecule has 0 radical (unpaired) electrons. The number of rotatable bonds is 4. The van der Waals surface area contributed by atoms with E-state index in [0.717, 1.165) is 16.3 Å². The van der Waals surface area contributed by atoms with Gasteiger partial charge in [-0.05, 0) is 42.0 Å². The molecule has 1 amide bonds. The van der Waals surface area contributed by atoms with Crippen LogP contribution in [0.1, 0.15) is 5.82 Å². The minimum Gasteiger partial charge on any atom is -0.324 e. The first-order valence-electron chi connectivity index (χ1n) is 8.65. The van der Waals surface area contributed by atoms with Crippen LogP contribution in [0.25, 0.3) is 22.2 Å². The molecule has 0 bridgehead atoms. The molecule has 0 aliphatic carbocycles. The summed E-state index contributed by atoms with van der Waals surface area (Å²) in [5.41, 5.74) is 1.29. The highest BCUT2D eigenvalue weighted by Gasteiger charge is 2.14. The molecule has 1 aromatic heterocycles. The van der Waals surface area contributed by atoms with E-state index in [9.17, 15) is 9.18 Å². The van der Waals surface area contributed by atoms with Crippen LogP contribution in [0.3, 0.4) is 0 Å². The Morgan fingerprint density at radius 1 is 1.11 bits per heavy atom. The lowest BCUT2D eigenvalue weighted by Gasteiger charge is -2.09. The number of fused-ring (bicyclic) bond motifs is 1. The molecule has 0 spiro atoms. The maximum absolute atomic E-state index is 13.3.